The van der Waals surface area contributed by atoms with Gasteiger partial charge in [-0.15, -0.1) is 11.3 Å². The molecular formula is C15H20N4OS. The molecule has 0 aromatic carbocycles. The summed E-state index contributed by atoms with van der Waals surface area (Å²) in [6.07, 6.45) is 7.25. The summed E-state index contributed by atoms with van der Waals surface area (Å²) in [5.74, 6) is 0.180. The molecule has 2 aromatic rings. The lowest BCUT2D eigenvalue weighted by Gasteiger charge is -2.32. The van der Waals surface area contributed by atoms with Crippen molar-refractivity contribution in [1.29, 1.82) is 0 Å². The van der Waals surface area contributed by atoms with Crippen LogP contribution in [0.1, 0.15) is 36.5 Å². The molecule has 1 unspecified atom stereocenters. The highest BCUT2D eigenvalue weighted by atomic mass is 32.1. The van der Waals surface area contributed by atoms with E-state index in [0.29, 0.717) is 12.5 Å². The number of amides is 1. The molecule has 0 radical (unpaired) electrons. The van der Waals surface area contributed by atoms with Crippen molar-refractivity contribution >= 4 is 17.2 Å². The Labute approximate surface area is 128 Å². The molecule has 1 aliphatic heterocycles. The van der Waals surface area contributed by atoms with Crippen molar-refractivity contribution in [2.75, 3.05) is 13.1 Å². The van der Waals surface area contributed by atoms with Gasteiger partial charge < -0.3 is 4.90 Å². The van der Waals surface area contributed by atoms with Crippen molar-refractivity contribution in [2.45, 2.75) is 38.6 Å². The summed E-state index contributed by atoms with van der Waals surface area (Å²) in [6.45, 7) is 3.69. The number of thiazole rings is 1. The maximum atomic E-state index is 12.4. The first-order valence-electron chi connectivity index (χ1n) is 7.46. The Morgan fingerprint density at radius 2 is 2.43 bits per heavy atom. The Morgan fingerprint density at radius 1 is 1.52 bits per heavy atom. The van der Waals surface area contributed by atoms with Crippen molar-refractivity contribution in [3.63, 3.8) is 0 Å². The topological polar surface area (TPSA) is 51.0 Å². The van der Waals surface area contributed by atoms with E-state index in [1.807, 2.05) is 27.2 Å². The van der Waals surface area contributed by atoms with Gasteiger partial charge in [-0.2, -0.15) is 5.10 Å². The van der Waals surface area contributed by atoms with E-state index in [4.69, 9.17) is 0 Å². The van der Waals surface area contributed by atoms with Crippen molar-refractivity contribution in [3.05, 3.63) is 34.5 Å². The second-order valence-electron chi connectivity index (χ2n) is 5.38. The van der Waals surface area contributed by atoms with Gasteiger partial charge in [0.2, 0.25) is 5.91 Å². The van der Waals surface area contributed by atoms with Gasteiger partial charge in [0.05, 0.1) is 23.2 Å². The highest BCUT2D eigenvalue weighted by Gasteiger charge is 2.25. The predicted molar refractivity (Wildman–Crippen MR) is 82.3 cm³/mol. The van der Waals surface area contributed by atoms with Crippen LogP contribution in [0.5, 0.6) is 0 Å². The van der Waals surface area contributed by atoms with Gasteiger partial charge in [-0.25, -0.2) is 4.98 Å². The van der Waals surface area contributed by atoms with Crippen LogP contribution in [-0.4, -0.2) is 38.7 Å². The Balaban J connectivity index is 1.61. The van der Waals surface area contributed by atoms with Gasteiger partial charge in [-0.1, -0.05) is 6.92 Å². The molecule has 1 saturated heterocycles. The normalized spacial score (nSPS) is 18.9. The summed E-state index contributed by atoms with van der Waals surface area (Å²) >= 11 is 1.64. The molecular weight excluding hydrogens is 284 g/mol. The number of hydrogen-bond donors (Lipinski definition) is 0. The maximum absolute atomic E-state index is 12.4. The third-order valence-electron chi connectivity index (χ3n) is 3.88. The zero-order valence-corrected chi connectivity index (χ0v) is 13.1. The predicted octanol–water partition coefficient (Wildman–Crippen LogP) is 2.31. The summed E-state index contributed by atoms with van der Waals surface area (Å²) in [4.78, 5) is 18.9. The number of rotatable bonds is 4. The number of aromatic nitrogens is 3. The molecule has 0 aliphatic carbocycles. The minimum Gasteiger partial charge on any atom is -0.340 e. The number of aryl methyl sites for hydroxylation is 1. The highest BCUT2D eigenvalue weighted by molar-refractivity contribution is 7.09. The minimum atomic E-state index is 0.180. The van der Waals surface area contributed by atoms with Crippen LogP contribution >= 0.6 is 11.3 Å². The Morgan fingerprint density at radius 3 is 3.14 bits per heavy atom. The molecule has 3 rings (SSSR count). The van der Waals surface area contributed by atoms with Crippen LogP contribution < -0.4 is 0 Å². The van der Waals surface area contributed by atoms with Gasteiger partial charge in [0.25, 0.3) is 0 Å². The van der Waals surface area contributed by atoms with Gasteiger partial charge in [0.15, 0.2) is 0 Å². The first-order chi connectivity index (χ1) is 10.3. The van der Waals surface area contributed by atoms with E-state index in [1.165, 1.54) is 0 Å². The summed E-state index contributed by atoms with van der Waals surface area (Å²) < 4.78 is 1.97. The van der Waals surface area contributed by atoms with Gasteiger partial charge in [0.1, 0.15) is 0 Å². The first kappa shape index (κ1) is 14.3. The van der Waals surface area contributed by atoms with E-state index in [2.05, 4.69) is 17.0 Å². The SMILES string of the molecule is CCc1nc(CC(=O)N2CCCC(n3cccn3)C2)cs1. The van der Waals surface area contributed by atoms with E-state index >= 15 is 0 Å². The van der Waals surface area contributed by atoms with Crippen LogP contribution in [0.15, 0.2) is 23.8 Å². The number of carbonyl (C=O) groups excluding carboxylic acids is 1. The average molecular weight is 304 g/mol. The fourth-order valence-corrected chi connectivity index (χ4v) is 3.50. The lowest BCUT2D eigenvalue weighted by atomic mass is 10.1. The van der Waals surface area contributed by atoms with E-state index in [-0.39, 0.29) is 5.91 Å². The van der Waals surface area contributed by atoms with Crippen molar-refractivity contribution < 1.29 is 4.79 Å². The van der Waals surface area contributed by atoms with Crippen LogP contribution in [0.3, 0.4) is 0 Å². The fourth-order valence-electron chi connectivity index (χ4n) is 2.75. The molecule has 1 fully saturated rings. The van der Waals surface area contributed by atoms with E-state index in [9.17, 15) is 4.79 Å². The molecule has 3 heterocycles. The van der Waals surface area contributed by atoms with Gasteiger partial charge in [-0.05, 0) is 25.3 Å². The van der Waals surface area contributed by atoms with Gasteiger partial charge >= 0.3 is 0 Å². The highest BCUT2D eigenvalue weighted by Crippen LogP contribution is 2.21. The molecule has 21 heavy (non-hydrogen) atoms. The molecule has 6 heteroatoms. The summed E-state index contributed by atoms with van der Waals surface area (Å²) in [7, 11) is 0. The third kappa shape index (κ3) is 3.32. The van der Waals surface area contributed by atoms with Crippen LogP contribution in [0, 0.1) is 0 Å². The first-order valence-corrected chi connectivity index (χ1v) is 8.34. The Kier molecular flexibility index (Phi) is 4.34. The number of nitrogens with zero attached hydrogens (tertiary/aromatic N) is 4. The molecule has 0 N–H and O–H groups in total. The Bertz CT molecular complexity index is 593. The lowest BCUT2D eigenvalue weighted by Crippen LogP contribution is -2.41. The zero-order valence-electron chi connectivity index (χ0n) is 12.2. The summed E-state index contributed by atoms with van der Waals surface area (Å²) in [6, 6.07) is 2.24. The van der Waals surface area contributed by atoms with Crippen LogP contribution in [-0.2, 0) is 17.6 Å². The number of likely N-dealkylation sites (tertiary alicyclic amines) is 1. The smallest absolute Gasteiger partial charge is 0.228 e. The van der Waals surface area contributed by atoms with Crippen molar-refractivity contribution in [2.24, 2.45) is 0 Å². The van der Waals surface area contributed by atoms with Crippen molar-refractivity contribution in [1.82, 2.24) is 19.7 Å². The van der Waals surface area contributed by atoms with E-state index < -0.39 is 0 Å². The fraction of sp³-hybridized carbons (Fsp3) is 0.533. The third-order valence-corrected chi connectivity index (χ3v) is 4.92. The second-order valence-corrected chi connectivity index (χ2v) is 6.33. The monoisotopic (exact) mass is 304 g/mol. The van der Waals surface area contributed by atoms with E-state index in [0.717, 1.165) is 43.1 Å². The molecule has 0 spiro atoms. The quantitative estimate of drug-likeness (QED) is 0.871. The largest absolute Gasteiger partial charge is 0.340 e. The number of hydrogen-bond acceptors (Lipinski definition) is 4. The van der Waals surface area contributed by atoms with Crippen LogP contribution in [0.4, 0.5) is 0 Å². The molecule has 112 valence electrons. The lowest BCUT2D eigenvalue weighted by molar-refractivity contribution is -0.132. The molecule has 1 atom stereocenters. The summed E-state index contributed by atoms with van der Waals surface area (Å²) in [5.41, 5.74) is 0.906. The van der Waals surface area contributed by atoms with Crippen molar-refractivity contribution in [3.8, 4) is 0 Å². The standard InChI is InChI=1S/C15H20N4OS/c1-2-14-17-12(11-21-14)9-15(20)18-7-3-5-13(10-18)19-8-4-6-16-19/h4,6,8,11,13H,2-3,5,7,9-10H2,1H3. The molecule has 2 aromatic heterocycles. The zero-order chi connectivity index (χ0) is 14.7. The molecule has 5 nitrogen and oxygen atoms in total. The average Bonchev–Trinajstić information content (AvgIpc) is 3.18. The van der Waals surface area contributed by atoms with Crippen LogP contribution in [0.25, 0.3) is 0 Å². The summed E-state index contributed by atoms with van der Waals surface area (Å²) in [5, 5.41) is 7.41. The van der Waals surface area contributed by atoms with E-state index in [1.54, 1.807) is 17.5 Å². The Hall–Kier alpha value is -1.69. The molecule has 0 bridgehead atoms. The minimum absolute atomic E-state index is 0.180. The van der Waals surface area contributed by atoms with Gasteiger partial charge in [0, 0.05) is 30.9 Å². The number of piperidine rings is 1. The molecule has 0 saturated carbocycles. The molecule has 1 amide bonds. The second kappa shape index (κ2) is 6.39. The number of carbonyl (C=O) groups is 1. The van der Waals surface area contributed by atoms with Crippen LogP contribution in [0.2, 0.25) is 0 Å². The maximum Gasteiger partial charge on any atom is 0.228 e. The van der Waals surface area contributed by atoms with Gasteiger partial charge in [-0.3, -0.25) is 9.48 Å². The molecule has 1 aliphatic rings.